The number of ether oxygens (including phenoxy) is 1. The van der Waals surface area contributed by atoms with Gasteiger partial charge < -0.3 is 15.0 Å². The monoisotopic (exact) mass is 228 g/mol. The Kier molecular flexibility index (Phi) is 4.15. The molecular formula is C11H20N2O3. The second-order valence-corrected chi connectivity index (χ2v) is 5.00. The molecule has 1 aliphatic heterocycles. The van der Waals surface area contributed by atoms with Gasteiger partial charge in [0, 0.05) is 13.1 Å². The molecule has 2 amide bonds. The van der Waals surface area contributed by atoms with Crippen LogP contribution in [0.15, 0.2) is 0 Å². The second-order valence-electron chi connectivity index (χ2n) is 5.00. The van der Waals surface area contributed by atoms with Gasteiger partial charge in [-0.15, -0.1) is 0 Å². The quantitative estimate of drug-likeness (QED) is 0.737. The van der Waals surface area contributed by atoms with Gasteiger partial charge in [0.2, 0.25) is 6.41 Å². The fourth-order valence-corrected chi connectivity index (χ4v) is 1.79. The highest BCUT2D eigenvalue weighted by Crippen LogP contribution is 2.20. The molecular weight excluding hydrogens is 208 g/mol. The number of rotatable bonds is 3. The van der Waals surface area contributed by atoms with Gasteiger partial charge in [0.25, 0.3) is 0 Å². The van der Waals surface area contributed by atoms with E-state index >= 15 is 0 Å². The topological polar surface area (TPSA) is 58.6 Å². The summed E-state index contributed by atoms with van der Waals surface area (Å²) in [5.74, 6) is 0. The molecule has 1 unspecified atom stereocenters. The molecule has 0 aromatic rings. The first kappa shape index (κ1) is 12.8. The number of carbonyl (C=O) groups is 2. The standard InChI is InChI=1S/C11H20N2O3/c1-11(2,3)16-10(15)13-6-4-5-9(13)7-12-8-14/h8-9H,4-7H2,1-3H3,(H,12,14). The number of likely N-dealkylation sites (tertiary alicyclic amines) is 1. The Hall–Kier alpha value is -1.26. The maximum absolute atomic E-state index is 11.8. The van der Waals surface area contributed by atoms with E-state index in [1.54, 1.807) is 4.90 Å². The van der Waals surface area contributed by atoms with Crippen LogP contribution in [-0.2, 0) is 9.53 Å². The summed E-state index contributed by atoms with van der Waals surface area (Å²) in [5.41, 5.74) is -0.470. The summed E-state index contributed by atoms with van der Waals surface area (Å²) in [5, 5.41) is 2.61. The average molecular weight is 228 g/mol. The summed E-state index contributed by atoms with van der Waals surface area (Å²) in [7, 11) is 0. The maximum Gasteiger partial charge on any atom is 0.410 e. The molecule has 0 spiro atoms. The highest BCUT2D eigenvalue weighted by atomic mass is 16.6. The molecule has 1 rings (SSSR count). The smallest absolute Gasteiger partial charge is 0.410 e. The second kappa shape index (κ2) is 5.18. The van der Waals surface area contributed by atoms with Gasteiger partial charge in [-0.2, -0.15) is 0 Å². The van der Waals surface area contributed by atoms with Crippen LogP contribution < -0.4 is 5.32 Å². The third-order valence-electron chi connectivity index (χ3n) is 2.44. The zero-order valence-electron chi connectivity index (χ0n) is 10.2. The van der Waals surface area contributed by atoms with Gasteiger partial charge >= 0.3 is 6.09 Å². The first-order valence-corrected chi connectivity index (χ1v) is 5.60. The molecule has 92 valence electrons. The van der Waals surface area contributed by atoms with E-state index < -0.39 is 5.60 Å². The highest BCUT2D eigenvalue weighted by Gasteiger charge is 2.31. The molecule has 0 aliphatic carbocycles. The lowest BCUT2D eigenvalue weighted by molar-refractivity contribution is -0.109. The molecule has 5 nitrogen and oxygen atoms in total. The van der Waals surface area contributed by atoms with Crippen molar-refractivity contribution >= 4 is 12.5 Å². The number of hydrogen-bond acceptors (Lipinski definition) is 3. The lowest BCUT2D eigenvalue weighted by Crippen LogP contribution is -2.43. The largest absolute Gasteiger partial charge is 0.444 e. The van der Waals surface area contributed by atoms with Crippen molar-refractivity contribution in [2.24, 2.45) is 0 Å². The third-order valence-corrected chi connectivity index (χ3v) is 2.44. The number of amides is 2. The number of nitrogens with one attached hydrogen (secondary N) is 1. The van der Waals surface area contributed by atoms with Crippen molar-refractivity contribution in [2.45, 2.75) is 45.3 Å². The van der Waals surface area contributed by atoms with Gasteiger partial charge in [-0.3, -0.25) is 4.79 Å². The van der Waals surface area contributed by atoms with Crippen LogP contribution in [0.25, 0.3) is 0 Å². The van der Waals surface area contributed by atoms with Gasteiger partial charge in [0.15, 0.2) is 0 Å². The van der Waals surface area contributed by atoms with Crippen LogP contribution in [0.1, 0.15) is 33.6 Å². The predicted octanol–water partition coefficient (Wildman–Crippen LogP) is 1.13. The Morgan fingerprint density at radius 3 is 2.81 bits per heavy atom. The summed E-state index contributed by atoms with van der Waals surface area (Å²) in [6, 6.07) is 0.0695. The van der Waals surface area contributed by atoms with Gasteiger partial charge in [0.1, 0.15) is 5.60 Å². The molecule has 0 aromatic heterocycles. The molecule has 0 saturated carbocycles. The Morgan fingerprint density at radius 1 is 1.56 bits per heavy atom. The van der Waals surface area contributed by atoms with Crippen LogP contribution in [0.5, 0.6) is 0 Å². The van der Waals surface area contributed by atoms with E-state index in [4.69, 9.17) is 4.74 Å². The molecule has 1 aliphatic rings. The lowest BCUT2D eigenvalue weighted by atomic mass is 10.2. The third kappa shape index (κ3) is 3.72. The molecule has 1 saturated heterocycles. The zero-order chi connectivity index (χ0) is 12.2. The van der Waals surface area contributed by atoms with Crippen LogP contribution in [-0.4, -0.2) is 42.1 Å². The minimum atomic E-state index is -0.470. The van der Waals surface area contributed by atoms with Gasteiger partial charge in [-0.25, -0.2) is 4.79 Å². The molecule has 0 aromatic carbocycles. The van der Waals surface area contributed by atoms with Gasteiger partial charge in [-0.05, 0) is 33.6 Å². The molecule has 1 heterocycles. The van der Waals surface area contributed by atoms with Crippen LogP contribution in [0.3, 0.4) is 0 Å². The van der Waals surface area contributed by atoms with E-state index in [1.165, 1.54) is 0 Å². The SMILES string of the molecule is CC(C)(C)OC(=O)N1CCCC1CNC=O. The summed E-state index contributed by atoms with van der Waals surface area (Å²) >= 11 is 0. The van der Waals surface area contributed by atoms with E-state index in [0.717, 1.165) is 12.8 Å². The normalized spacial score (nSPS) is 20.7. The van der Waals surface area contributed by atoms with Crippen molar-refractivity contribution in [2.75, 3.05) is 13.1 Å². The molecule has 0 bridgehead atoms. The number of hydrogen-bond donors (Lipinski definition) is 1. The molecule has 1 atom stereocenters. The lowest BCUT2D eigenvalue weighted by Gasteiger charge is -2.28. The van der Waals surface area contributed by atoms with E-state index in [-0.39, 0.29) is 12.1 Å². The molecule has 16 heavy (non-hydrogen) atoms. The van der Waals surface area contributed by atoms with Crippen LogP contribution in [0, 0.1) is 0 Å². The Morgan fingerprint density at radius 2 is 2.25 bits per heavy atom. The van der Waals surface area contributed by atoms with E-state index in [9.17, 15) is 9.59 Å². The average Bonchev–Trinajstić information content (AvgIpc) is 2.59. The first-order valence-electron chi connectivity index (χ1n) is 5.60. The van der Waals surface area contributed by atoms with Crippen molar-refractivity contribution < 1.29 is 14.3 Å². The summed E-state index contributed by atoms with van der Waals surface area (Å²) in [6.45, 7) is 6.75. The number of nitrogens with zero attached hydrogens (tertiary/aromatic N) is 1. The van der Waals surface area contributed by atoms with Gasteiger partial charge in [0.05, 0.1) is 6.04 Å². The zero-order valence-corrected chi connectivity index (χ0v) is 10.2. The first-order chi connectivity index (χ1) is 7.44. The van der Waals surface area contributed by atoms with E-state index in [0.29, 0.717) is 19.5 Å². The summed E-state index contributed by atoms with van der Waals surface area (Å²) in [6.07, 6.45) is 2.25. The minimum Gasteiger partial charge on any atom is -0.444 e. The fourth-order valence-electron chi connectivity index (χ4n) is 1.79. The highest BCUT2D eigenvalue weighted by molar-refractivity contribution is 5.69. The summed E-state index contributed by atoms with van der Waals surface area (Å²) < 4.78 is 5.30. The van der Waals surface area contributed by atoms with E-state index in [2.05, 4.69) is 5.32 Å². The Labute approximate surface area is 96.1 Å². The van der Waals surface area contributed by atoms with Crippen LogP contribution in [0.2, 0.25) is 0 Å². The Bertz CT molecular complexity index is 260. The summed E-state index contributed by atoms with van der Waals surface area (Å²) in [4.78, 5) is 23.7. The molecule has 5 heteroatoms. The fraction of sp³-hybridized carbons (Fsp3) is 0.818. The molecule has 0 radical (unpaired) electrons. The Balaban J connectivity index is 2.50. The van der Waals surface area contributed by atoms with Crippen molar-refractivity contribution in [1.29, 1.82) is 0 Å². The van der Waals surface area contributed by atoms with Crippen molar-refractivity contribution in [3.63, 3.8) is 0 Å². The van der Waals surface area contributed by atoms with Crippen molar-refractivity contribution in [3.8, 4) is 0 Å². The minimum absolute atomic E-state index is 0.0695. The molecule has 1 fully saturated rings. The van der Waals surface area contributed by atoms with Crippen molar-refractivity contribution in [1.82, 2.24) is 10.2 Å². The number of carbonyl (C=O) groups excluding carboxylic acids is 2. The molecule has 1 N–H and O–H groups in total. The van der Waals surface area contributed by atoms with E-state index in [1.807, 2.05) is 20.8 Å². The van der Waals surface area contributed by atoms with Crippen LogP contribution in [0.4, 0.5) is 4.79 Å². The van der Waals surface area contributed by atoms with Crippen molar-refractivity contribution in [3.05, 3.63) is 0 Å². The van der Waals surface area contributed by atoms with Gasteiger partial charge in [-0.1, -0.05) is 0 Å². The van der Waals surface area contributed by atoms with Crippen LogP contribution >= 0.6 is 0 Å². The predicted molar refractivity (Wildman–Crippen MR) is 60.0 cm³/mol. The maximum atomic E-state index is 11.8.